The Bertz CT molecular complexity index is 2320. The van der Waals surface area contributed by atoms with E-state index in [4.69, 9.17) is 31.5 Å². The Hall–Kier alpha value is -6.32. The number of rotatable bonds is 4. The van der Waals surface area contributed by atoms with Crippen LogP contribution in [0.1, 0.15) is 0 Å². The minimum Gasteiger partial charge on any atom is -0.254 e. The van der Waals surface area contributed by atoms with Crippen LogP contribution in [0.15, 0.2) is 134 Å². The molecule has 0 radical (unpaired) electrons. The van der Waals surface area contributed by atoms with Crippen molar-refractivity contribution >= 4 is 38.4 Å². The smallest absolute Gasteiger partial charge is 0.187 e. The summed E-state index contributed by atoms with van der Waals surface area (Å²) >= 11 is 0. The van der Waals surface area contributed by atoms with Crippen LogP contribution in [-0.4, -0.2) is 24.9 Å². The second-order valence-corrected chi connectivity index (χ2v) is 10.5. The summed E-state index contributed by atoms with van der Waals surface area (Å²) < 4.78 is 0. The standard InChI is InChI=1S/C38H22N6/c1-39-30-18-19-33-28(22-30)21-29-23-32(31-13-8-20-40-35(31)34(29)41-33)24-14-16-27(17-15-24)38-43-36(25-9-4-2-5-10-25)42-37(44-38)26-11-6-3-7-12-26/h2-23H. The average Bonchev–Trinajstić information content (AvgIpc) is 3.11. The molecule has 0 saturated heterocycles. The van der Waals surface area contributed by atoms with E-state index >= 15 is 0 Å². The van der Waals surface area contributed by atoms with Gasteiger partial charge in [0.05, 0.1) is 23.1 Å². The van der Waals surface area contributed by atoms with Gasteiger partial charge in [0.2, 0.25) is 0 Å². The van der Waals surface area contributed by atoms with Gasteiger partial charge in [-0.2, -0.15) is 0 Å². The van der Waals surface area contributed by atoms with Crippen LogP contribution >= 0.6 is 0 Å². The van der Waals surface area contributed by atoms with Crippen molar-refractivity contribution in [1.82, 2.24) is 24.9 Å². The quantitative estimate of drug-likeness (QED) is 0.121. The third kappa shape index (κ3) is 4.50. The molecular weight excluding hydrogens is 540 g/mol. The normalized spacial score (nSPS) is 11.2. The van der Waals surface area contributed by atoms with Gasteiger partial charge in [-0.1, -0.05) is 97.1 Å². The molecule has 0 aliphatic carbocycles. The largest absolute Gasteiger partial charge is 0.254 e. The molecule has 0 aliphatic rings. The molecule has 0 bridgehead atoms. The zero-order chi connectivity index (χ0) is 29.5. The molecule has 0 spiro atoms. The van der Waals surface area contributed by atoms with E-state index in [2.05, 4.69) is 47.3 Å². The first kappa shape index (κ1) is 25.4. The number of aromatic nitrogens is 5. The molecule has 6 nitrogen and oxygen atoms in total. The van der Waals surface area contributed by atoms with Crippen molar-refractivity contribution in [3.63, 3.8) is 0 Å². The summed E-state index contributed by atoms with van der Waals surface area (Å²) in [7, 11) is 0. The van der Waals surface area contributed by atoms with Gasteiger partial charge < -0.3 is 0 Å². The second-order valence-electron chi connectivity index (χ2n) is 10.5. The van der Waals surface area contributed by atoms with Crippen molar-refractivity contribution in [1.29, 1.82) is 0 Å². The molecule has 3 heterocycles. The van der Waals surface area contributed by atoms with E-state index in [1.165, 1.54) is 0 Å². The fraction of sp³-hybridized carbons (Fsp3) is 0. The number of nitrogens with zero attached hydrogens (tertiary/aromatic N) is 6. The Labute approximate surface area is 253 Å². The molecule has 44 heavy (non-hydrogen) atoms. The van der Waals surface area contributed by atoms with E-state index in [9.17, 15) is 0 Å². The van der Waals surface area contributed by atoms with E-state index < -0.39 is 0 Å². The highest BCUT2D eigenvalue weighted by Gasteiger charge is 2.15. The van der Waals surface area contributed by atoms with Crippen LogP contribution in [0.25, 0.3) is 82.8 Å². The minimum atomic E-state index is 0.595. The van der Waals surface area contributed by atoms with Crippen LogP contribution in [0.3, 0.4) is 0 Å². The number of benzene rings is 5. The number of fused-ring (bicyclic) bond motifs is 4. The molecular formula is C38H22N6. The van der Waals surface area contributed by atoms with Crippen molar-refractivity contribution in [2.75, 3.05) is 0 Å². The van der Waals surface area contributed by atoms with Crippen LogP contribution in [0.4, 0.5) is 5.69 Å². The molecule has 0 unspecified atom stereocenters. The number of hydrogen-bond donors (Lipinski definition) is 0. The van der Waals surface area contributed by atoms with Gasteiger partial charge in [0, 0.05) is 33.7 Å². The molecule has 0 amide bonds. The summed E-state index contributed by atoms with van der Waals surface area (Å²) in [5.41, 5.74) is 7.99. The van der Waals surface area contributed by atoms with Gasteiger partial charge in [0.25, 0.3) is 0 Å². The summed E-state index contributed by atoms with van der Waals surface area (Å²) in [6, 6.07) is 42.2. The van der Waals surface area contributed by atoms with Crippen LogP contribution in [0.2, 0.25) is 0 Å². The average molecular weight is 563 g/mol. The van der Waals surface area contributed by atoms with Gasteiger partial charge in [-0.05, 0) is 46.8 Å². The molecule has 5 aromatic carbocycles. The molecule has 8 rings (SSSR count). The van der Waals surface area contributed by atoms with Crippen molar-refractivity contribution in [2.24, 2.45) is 0 Å². The highest BCUT2D eigenvalue weighted by molar-refractivity contribution is 6.12. The molecule has 0 fully saturated rings. The van der Waals surface area contributed by atoms with E-state index in [0.29, 0.717) is 23.2 Å². The fourth-order valence-corrected chi connectivity index (χ4v) is 5.57. The maximum atomic E-state index is 7.41. The summed E-state index contributed by atoms with van der Waals surface area (Å²) in [6.45, 7) is 7.41. The SMILES string of the molecule is [C-]#[N+]c1ccc2nc3c(cc(-c4ccc(-c5nc(-c6ccccc6)nc(-c6ccccc6)n5)cc4)c4cccnc43)cc2c1. The third-order valence-corrected chi connectivity index (χ3v) is 7.73. The molecule has 0 aliphatic heterocycles. The lowest BCUT2D eigenvalue weighted by molar-refractivity contribution is 1.07. The van der Waals surface area contributed by atoms with Gasteiger partial charge in [-0.25, -0.2) is 24.8 Å². The first-order valence-corrected chi connectivity index (χ1v) is 14.2. The van der Waals surface area contributed by atoms with Crippen LogP contribution in [0, 0.1) is 6.57 Å². The van der Waals surface area contributed by atoms with Gasteiger partial charge in [0.15, 0.2) is 23.2 Å². The first-order valence-electron chi connectivity index (χ1n) is 14.2. The monoisotopic (exact) mass is 562 g/mol. The van der Waals surface area contributed by atoms with Crippen molar-refractivity contribution in [2.45, 2.75) is 0 Å². The lowest BCUT2D eigenvalue weighted by Gasteiger charge is -2.12. The Morgan fingerprint density at radius 3 is 1.73 bits per heavy atom. The fourth-order valence-electron chi connectivity index (χ4n) is 5.57. The van der Waals surface area contributed by atoms with E-state index in [1.807, 2.05) is 78.9 Å². The Balaban J connectivity index is 1.26. The van der Waals surface area contributed by atoms with Crippen LogP contribution < -0.4 is 0 Å². The topological polar surface area (TPSA) is 68.8 Å². The maximum absolute atomic E-state index is 7.41. The zero-order valence-corrected chi connectivity index (χ0v) is 23.4. The summed E-state index contributed by atoms with van der Waals surface area (Å²) in [5.74, 6) is 1.87. The Morgan fingerprint density at radius 1 is 0.477 bits per heavy atom. The van der Waals surface area contributed by atoms with E-state index in [-0.39, 0.29) is 0 Å². The maximum Gasteiger partial charge on any atom is 0.187 e. The minimum absolute atomic E-state index is 0.595. The lowest BCUT2D eigenvalue weighted by Crippen LogP contribution is -2.00. The third-order valence-electron chi connectivity index (χ3n) is 7.73. The van der Waals surface area contributed by atoms with Crippen LogP contribution in [0.5, 0.6) is 0 Å². The molecule has 204 valence electrons. The first-order chi connectivity index (χ1) is 21.7. The highest BCUT2D eigenvalue weighted by atomic mass is 15.0. The van der Waals surface area contributed by atoms with Gasteiger partial charge in [-0.15, -0.1) is 0 Å². The van der Waals surface area contributed by atoms with Crippen molar-refractivity contribution < 1.29 is 0 Å². The molecule has 0 N–H and O–H groups in total. The summed E-state index contributed by atoms with van der Waals surface area (Å²) in [6.07, 6.45) is 1.80. The van der Waals surface area contributed by atoms with Crippen molar-refractivity contribution in [3.8, 4) is 45.3 Å². The van der Waals surface area contributed by atoms with Crippen LogP contribution in [-0.2, 0) is 0 Å². The molecule has 0 saturated carbocycles. The zero-order valence-electron chi connectivity index (χ0n) is 23.4. The predicted octanol–water partition coefficient (Wildman–Crippen LogP) is 9.34. The molecule has 6 heteroatoms. The highest BCUT2D eigenvalue weighted by Crippen LogP contribution is 2.36. The number of hydrogen-bond acceptors (Lipinski definition) is 5. The summed E-state index contributed by atoms with van der Waals surface area (Å²) in [4.78, 5) is 27.8. The molecule has 0 atom stereocenters. The number of pyridine rings is 2. The van der Waals surface area contributed by atoms with Crippen molar-refractivity contribution in [3.05, 3.63) is 145 Å². The summed E-state index contributed by atoms with van der Waals surface area (Å²) in [5, 5.41) is 2.93. The van der Waals surface area contributed by atoms with Gasteiger partial charge >= 0.3 is 0 Å². The lowest BCUT2D eigenvalue weighted by atomic mass is 9.96. The van der Waals surface area contributed by atoms with Gasteiger partial charge in [0.1, 0.15) is 0 Å². The predicted molar refractivity (Wildman–Crippen MR) is 176 cm³/mol. The van der Waals surface area contributed by atoms with Gasteiger partial charge in [-0.3, -0.25) is 4.98 Å². The Kier molecular flexibility index (Phi) is 6.06. The second kappa shape index (κ2) is 10.5. The molecule has 3 aromatic heterocycles. The Morgan fingerprint density at radius 2 is 1.09 bits per heavy atom. The molecule has 8 aromatic rings. The van der Waals surface area contributed by atoms with E-state index in [1.54, 1.807) is 12.3 Å². The van der Waals surface area contributed by atoms with E-state index in [0.717, 1.165) is 60.5 Å².